The Kier molecular flexibility index (Phi) is 2.92. The van der Waals surface area contributed by atoms with E-state index in [-0.39, 0.29) is 0 Å². The average Bonchev–Trinajstić information content (AvgIpc) is 2.90. The van der Waals surface area contributed by atoms with Crippen LogP contribution in [0.15, 0.2) is 0 Å². The Labute approximate surface area is 82.3 Å². The highest BCUT2D eigenvalue weighted by Gasteiger charge is 2.28. The zero-order chi connectivity index (χ0) is 9.26. The lowest BCUT2D eigenvalue weighted by atomic mass is 10.1. The van der Waals surface area contributed by atoms with Crippen molar-refractivity contribution in [3.05, 3.63) is 0 Å². The molecule has 0 spiro atoms. The largest absolute Gasteiger partial charge is 0.314 e. The van der Waals surface area contributed by atoms with Gasteiger partial charge in [-0.25, -0.2) is 0 Å². The molecule has 0 aliphatic heterocycles. The van der Waals surface area contributed by atoms with Crippen LogP contribution in [0.2, 0.25) is 0 Å². The maximum atomic E-state index is 3.68. The molecule has 2 aliphatic carbocycles. The lowest BCUT2D eigenvalue weighted by Crippen LogP contribution is -2.31. The molecule has 0 amide bonds. The zero-order valence-corrected chi connectivity index (χ0v) is 9.05. The van der Waals surface area contributed by atoms with Gasteiger partial charge >= 0.3 is 0 Å². The summed E-state index contributed by atoms with van der Waals surface area (Å²) in [5, 5.41) is 3.68. The molecule has 0 aromatic rings. The second kappa shape index (κ2) is 4.00. The monoisotopic (exact) mass is 181 g/mol. The zero-order valence-electron chi connectivity index (χ0n) is 9.05. The van der Waals surface area contributed by atoms with E-state index in [4.69, 9.17) is 0 Å². The Hall–Kier alpha value is -0.0400. The molecule has 2 saturated carbocycles. The Morgan fingerprint density at radius 2 is 1.85 bits per heavy atom. The van der Waals surface area contributed by atoms with Gasteiger partial charge in [-0.2, -0.15) is 0 Å². The predicted octanol–water partition coefficient (Wildman–Crippen LogP) is 2.81. The van der Waals surface area contributed by atoms with Crippen LogP contribution < -0.4 is 5.32 Å². The summed E-state index contributed by atoms with van der Waals surface area (Å²) in [7, 11) is 0. The van der Waals surface area contributed by atoms with Crippen molar-refractivity contribution < 1.29 is 0 Å². The SMILES string of the molecule is CC(CC1CC1)NCC(C)C1CC1. The van der Waals surface area contributed by atoms with Crippen LogP contribution >= 0.6 is 0 Å². The van der Waals surface area contributed by atoms with Crippen LogP contribution in [0.1, 0.15) is 46.0 Å². The fraction of sp³-hybridized carbons (Fsp3) is 1.00. The molecule has 0 heterocycles. The van der Waals surface area contributed by atoms with Crippen molar-refractivity contribution in [2.75, 3.05) is 6.54 Å². The van der Waals surface area contributed by atoms with Gasteiger partial charge in [0.05, 0.1) is 0 Å². The van der Waals surface area contributed by atoms with E-state index in [1.807, 2.05) is 0 Å². The van der Waals surface area contributed by atoms with E-state index in [2.05, 4.69) is 19.2 Å². The maximum absolute atomic E-state index is 3.68. The molecule has 0 aromatic carbocycles. The Morgan fingerprint density at radius 1 is 1.15 bits per heavy atom. The molecule has 0 aromatic heterocycles. The molecule has 76 valence electrons. The van der Waals surface area contributed by atoms with Crippen LogP contribution in [0.25, 0.3) is 0 Å². The van der Waals surface area contributed by atoms with Crippen LogP contribution in [-0.2, 0) is 0 Å². The lowest BCUT2D eigenvalue weighted by molar-refractivity contribution is 0.406. The quantitative estimate of drug-likeness (QED) is 0.664. The third-order valence-electron chi connectivity index (χ3n) is 3.60. The molecule has 13 heavy (non-hydrogen) atoms. The molecule has 1 nitrogen and oxygen atoms in total. The Balaban J connectivity index is 1.54. The summed E-state index contributed by atoms with van der Waals surface area (Å²) in [6.45, 7) is 5.99. The first-order chi connectivity index (χ1) is 6.25. The topological polar surface area (TPSA) is 12.0 Å². The third kappa shape index (κ3) is 3.30. The summed E-state index contributed by atoms with van der Waals surface area (Å²) in [6.07, 6.45) is 7.37. The number of hydrogen-bond acceptors (Lipinski definition) is 1. The van der Waals surface area contributed by atoms with Gasteiger partial charge in [0, 0.05) is 6.04 Å². The summed E-state index contributed by atoms with van der Waals surface area (Å²) in [5.41, 5.74) is 0. The van der Waals surface area contributed by atoms with Gasteiger partial charge in [0.25, 0.3) is 0 Å². The number of nitrogens with one attached hydrogen (secondary N) is 1. The molecular formula is C12H23N. The van der Waals surface area contributed by atoms with Crippen molar-refractivity contribution in [1.82, 2.24) is 5.32 Å². The second-order valence-corrected chi connectivity index (χ2v) is 5.30. The molecule has 2 unspecified atom stereocenters. The van der Waals surface area contributed by atoms with Crippen LogP contribution in [0.4, 0.5) is 0 Å². The van der Waals surface area contributed by atoms with E-state index >= 15 is 0 Å². The highest BCUT2D eigenvalue weighted by molar-refractivity contribution is 4.82. The fourth-order valence-electron chi connectivity index (χ4n) is 2.16. The summed E-state index contributed by atoms with van der Waals surface area (Å²) < 4.78 is 0. The first kappa shape index (κ1) is 9.51. The minimum absolute atomic E-state index is 0.758. The summed E-state index contributed by atoms with van der Waals surface area (Å²) in [4.78, 5) is 0. The maximum Gasteiger partial charge on any atom is 0.00414 e. The smallest absolute Gasteiger partial charge is 0.00414 e. The molecule has 0 radical (unpaired) electrons. The van der Waals surface area contributed by atoms with Crippen molar-refractivity contribution in [1.29, 1.82) is 0 Å². The summed E-state index contributed by atoms with van der Waals surface area (Å²) >= 11 is 0. The average molecular weight is 181 g/mol. The van der Waals surface area contributed by atoms with Crippen LogP contribution in [-0.4, -0.2) is 12.6 Å². The van der Waals surface area contributed by atoms with Crippen LogP contribution in [0.5, 0.6) is 0 Å². The second-order valence-electron chi connectivity index (χ2n) is 5.30. The lowest BCUT2D eigenvalue weighted by Gasteiger charge is -2.17. The van der Waals surface area contributed by atoms with Gasteiger partial charge in [-0.3, -0.25) is 0 Å². The molecule has 2 atom stereocenters. The van der Waals surface area contributed by atoms with Gasteiger partial charge in [0.2, 0.25) is 0 Å². The first-order valence-corrected chi connectivity index (χ1v) is 5.99. The van der Waals surface area contributed by atoms with Gasteiger partial charge in [-0.1, -0.05) is 19.8 Å². The van der Waals surface area contributed by atoms with E-state index in [1.165, 1.54) is 38.6 Å². The summed E-state index contributed by atoms with van der Waals surface area (Å²) in [6, 6.07) is 0.758. The molecule has 2 fully saturated rings. The molecule has 1 heteroatoms. The van der Waals surface area contributed by atoms with E-state index in [0.717, 1.165) is 23.8 Å². The highest BCUT2D eigenvalue weighted by atomic mass is 14.9. The highest BCUT2D eigenvalue weighted by Crippen LogP contribution is 2.36. The normalized spacial score (nSPS) is 27.2. The van der Waals surface area contributed by atoms with E-state index < -0.39 is 0 Å². The number of hydrogen-bond donors (Lipinski definition) is 1. The predicted molar refractivity (Wildman–Crippen MR) is 56.7 cm³/mol. The van der Waals surface area contributed by atoms with E-state index in [9.17, 15) is 0 Å². The number of rotatable bonds is 6. The third-order valence-corrected chi connectivity index (χ3v) is 3.60. The molecule has 0 saturated heterocycles. The Bertz CT molecular complexity index is 159. The molecule has 0 bridgehead atoms. The van der Waals surface area contributed by atoms with Gasteiger partial charge in [0.1, 0.15) is 0 Å². The van der Waals surface area contributed by atoms with Crippen molar-refractivity contribution in [3.8, 4) is 0 Å². The van der Waals surface area contributed by atoms with Crippen molar-refractivity contribution in [2.45, 2.75) is 52.0 Å². The first-order valence-electron chi connectivity index (χ1n) is 5.99. The van der Waals surface area contributed by atoms with Gasteiger partial charge in [-0.15, -0.1) is 0 Å². The molecule has 1 N–H and O–H groups in total. The van der Waals surface area contributed by atoms with Crippen molar-refractivity contribution in [2.24, 2.45) is 17.8 Å². The minimum atomic E-state index is 0.758. The minimum Gasteiger partial charge on any atom is -0.314 e. The van der Waals surface area contributed by atoms with Crippen LogP contribution in [0.3, 0.4) is 0 Å². The van der Waals surface area contributed by atoms with Crippen molar-refractivity contribution >= 4 is 0 Å². The van der Waals surface area contributed by atoms with Gasteiger partial charge in [0.15, 0.2) is 0 Å². The van der Waals surface area contributed by atoms with Crippen molar-refractivity contribution in [3.63, 3.8) is 0 Å². The van der Waals surface area contributed by atoms with Gasteiger partial charge < -0.3 is 5.32 Å². The van der Waals surface area contributed by atoms with E-state index in [1.54, 1.807) is 0 Å². The van der Waals surface area contributed by atoms with E-state index in [0.29, 0.717) is 0 Å². The van der Waals surface area contributed by atoms with Crippen LogP contribution in [0, 0.1) is 17.8 Å². The molecule has 2 aliphatic rings. The molecular weight excluding hydrogens is 158 g/mol. The Morgan fingerprint density at radius 3 is 2.38 bits per heavy atom. The fourth-order valence-corrected chi connectivity index (χ4v) is 2.16. The summed E-state index contributed by atoms with van der Waals surface area (Å²) in [5.74, 6) is 3.04. The molecule has 2 rings (SSSR count). The standard InChI is InChI=1S/C12H23N/c1-9(12-5-6-12)8-13-10(2)7-11-3-4-11/h9-13H,3-8H2,1-2H3. The van der Waals surface area contributed by atoms with Gasteiger partial charge in [-0.05, 0) is 50.5 Å².